The summed E-state index contributed by atoms with van der Waals surface area (Å²) in [4.78, 5) is 26.8. The minimum absolute atomic E-state index is 0.231. The molecule has 1 aromatic carbocycles. The maximum atomic E-state index is 12.9. The molecule has 0 aromatic heterocycles. The van der Waals surface area contributed by atoms with Gasteiger partial charge in [-0.3, -0.25) is 9.69 Å². The molecule has 0 spiro atoms. The van der Waals surface area contributed by atoms with E-state index in [0.717, 1.165) is 11.1 Å². The molecule has 1 aliphatic heterocycles. The number of ether oxygens (including phenoxy) is 1. The van der Waals surface area contributed by atoms with E-state index >= 15 is 0 Å². The highest BCUT2D eigenvalue weighted by Gasteiger charge is 2.37. The van der Waals surface area contributed by atoms with Crippen molar-refractivity contribution in [3.05, 3.63) is 41.6 Å². The van der Waals surface area contributed by atoms with Crippen molar-refractivity contribution in [2.75, 3.05) is 0 Å². The molecule has 1 heterocycles. The van der Waals surface area contributed by atoms with Crippen LogP contribution in [0.15, 0.2) is 30.5 Å². The van der Waals surface area contributed by atoms with Crippen LogP contribution in [0.3, 0.4) is 0 Å². The average molecular weight is 330 g/mol. The molecule has 1 aromatic rings. The Bertz CT molecular complexity index is 666. The van der Waals surface area contributed by atoms with Crippen molar-refractivity contribution < 1.29 is 14.3 Å². The second kappa shape index (κ2) is 6.30. The van der Waals surface area contributed by atoms with Gasteiger partial charge in [0.1, 0.15) is 11.6 Å². The zero-order valence-corrected chi connectivity index (χ0v) is 15.2. The minimum Gasteiger partial charge on any atom is -0.443 e. The van der Waals surface area contributed by atoms with Crippen LogP contribution in [0.4, 0.5) is 4.79 Å². The predicted molar refractivity (Wildman–Crippen MR) is 94.2 cm³/mol. The fourth-order valence-electron chi connectivity index (χ4n) is 2.49. The molecule has 1 unspecified atom stereocenters. The van der Waals surface area contributed by atoms with Crippen molar-refractivity contribution in [1.82, 2.24) is 10.2 Å². The normalized spacial score (nSPS) is 17.2. The Morgan fingerprint density at radius 2 is 1.71 bits per heavy atom. The summed E-state index contributed by atoms with van der Waals surface area (Å²) in [6.45, 7) is 11.1. The first-order valence-electron chi connectivity index (χ1n) is 8.08. The van der Waals surface area contributed by atoms with Gasteiger partial charge in [-0.05, 0) is 58.7 Å². The Hall–Kier alpha value is -2.30. The highest BCUT2D eigenvalue weighted by atomic mass is 16.6. The van der Waals surface area contributed by atoms with Gasteiger partial charge in [-0.2, -0.15) is 0 Å². The molecular weight excluding hydrogens is 304 g/mol. The van der Waals surface area contributed by atoms with E-state index in [4.69, 9.17) is 4.74 Å². The van der Waals surface area contributed by atoms with Gasteiger partial charge >= 0.3 is 6.09 Å². The molecule has 2 amide bonds. The fraction of sp³-hybridized carbons (Fsp3) is 0.474. The molecule has 1 N–H and O–H groups in total. The third-order valence-corrected chi connectivity index (χ3v) is 3.33. The van der Waals surface area contributed by atoms with Gasteiger partial charge in [-0.1, -0.05) is 24.3 Å². The van der Waals surface area contributed by atoms with Gasteiger partial charge in [0, 0.05) is 11.7 Å². The third kappa shape index (κ3) is 4.37. The molecule has 5 nitrogen and oxygen atoms in total. The zero-order chi connectivity index (χ0) is 18.1. The Morgan fingerprint density at radius 3 is 2.29 bits per heavy atom. The van der Waals surface area contributed by atoms with E-state index in [-0.39, 0.29) is 5.91 Å². The van der Waals surface area contributed by atoms with Crippen molar-refractivity contribution in [2.24, 2.45) is 0 Å². The Labute approximate surface area is 143 Å². The molecule has 130 valence electrons. The molecule has 2 rings (SSSR count). The van der Waals surface area contributed by atoms with E-state index in [0.29, 0.717) is 0 Å². The van der Waals surface area contributed by atoms with Crippen molar-refractivity contribution in [3.63, 3.8) is 0 Å². The molecule has 1 atom stereocenters. The second-order valence-corrected chi connectivity index (χ2v) is 7.97. The Morgan fingerprint density at radius 1 is 1.08 bits per heavy atom. The summed E-state index contributed by atoms with van der Waals surface area (Å²) in [5.74, 6) is -0.231. The van der Waals surface area contributed by atoms with Crippen LogP contribution in [0.2, 0.25) is 0 Å². The monoisotopic (exact) mass is 330 g/mol. The lowest BCUT2D eigenvalue weighted by Crippen LogP contribution is -2.49. The number of nitrogens with one attached hydrogen (secondary N) is 1. The average Bonchev–Trinajstić information content (AvgIpc) is 2.42. The topological polar surface area (TPSA) is 58.6 Å². The van der Waals surface area contributed by atoms with E-state index in [2.05, 4.69) is 5.32 Å². The van der Waals surface area contributed by atoms with Crippen LogP contribution in [0.25, 0.3) is 6.08 Å². The van der Waals surface area contributed by atoms with Crippen LogP contribution in [0.1, 0.15) is 58.7 Å². The highest BCUT2D eigenvalue weighted by molar-refractivity contribution is 5.90. The molecule has 0 saturated carbocycles. The van der Waals surface area contributed by atoms with E-state index in [1.54, 1.807) is 27.0 Å². The van der Waals surface area contributed by atoms with Gasteiger partial charge < -0.3 is 10.1 Å². The summed E-state index contributed by atoms with van der Waals surface area (Å²) >= 11 is 0. The van der Waals surface area contributed by atoms with Gasteiger partial charge in [-0.25, -0.2) is 4.79 Å². The van der Waals surface area contributed by atoms with Gasteiger partial charge in [0.2, 0.25) is 5.91 Å². The standard InChI is InChI=1S/C19H26N2O3/c1-18(2,3)20-16(22)15-14-10-8-7-9-13(14)11-12-21(15)17(23)24-19(4,5)6/h7-12,15H,1-6H3,(H,20,22). The lowest BCUT2D eigenvalue weighted by atomic mass is 9.95. The van der Waals surface area contributed by atoms with Crippen LogP contribution in [-0.2, 0) is 9.53 Å². The second-order valence-electron chi connectivity index (χ2n) is 7.97. The van der Waals surface area contributed by atoms with E-state index in [9.17, 15) is 9.59 Å². The SMILES string of the molecule is CC(C)(C)NC(=O)C1c2ccccc2C=CN1C(=O)OC(C)(C)C. The molecule has 0 saturated heterocycles. The number of fused-ring (bicyclic) bond motifs is 1. The summed E-state index contributed by atoms with van der Waals surface area (Å²) < 4.78 is 5.46. The van der Waals surface area contributed by atoms with Gasteiger partial charge in [-0.15, -0.1) is 0 Å². The van der Waals surface area contributed by atoms with Crippen LogP contribution >= 0.6 is 0 Å². The van der Waals surface area contributed by atoms with Crippen molar-refractivity contribution >= 4 is 18.1 Å². The van der Waals surface area contributed by atoms with Gasteiger partial charge in [0.05, 0.1) is 0 Å². The summed E-state index contributed by atoms with van der Waals surface area (Å²) in [7, 11) is 0. The van der Waals surface area contributed by atoms with Crippen molar-refractivity contribution in [1.29, 1.82) is 0 Å². The quantitative estimate of drug-likeness (QED) is 0.850. The van der Waals surface area contributed by atoms with E-state index in [1.165, 1.54) is 4.90 Å². The number of hydrogen-bond acceptors (Lipinski definition) is 3. The van der Waals surface area contributed by atoms with Gasteiger partial charge in [0.15, 0.2) is 0 Å². The Balaban J connectivity index is 2.39. The summed E-state index contributed by atoms with van der Waals surface area (Å²) in [6.07, 6.45) is 2.89. The number of benzene rings is 1. The number of hydrogen-bond donors (Lipinski definition) is 1. The van der Waals surface area contributed by atoms with E-state index in [1.807, 2.05) is 51.1 Å². The van der Waals surface area contributed by atoms with E-state index < -0.39 is 23.3 Å². The highest BCUT2D eigenvalue weighted by Crippen LogP contribution is 2.32. The van der Waals surface area contributed by atoms with Crippen molar-refractivity contribution in [3.8, 4) is 0 Å². The smallest absolute Gasteiger partial charge is 0.415 e. The lowest BCUT2D eigenvalue weighted by Gasteiger charge is -2.35. The maximum Gasteiger partial charge on any atom is 0.415 e. The Kier molecular flexibility index (Phi) is 4.74. The van der Waals surface area contributed by atoms with Crippen LogP contribution in [-0.4, -0.2) is 28.0 Å². The fourth-order valence-corrected chi connectivity index (χ4v) is 2.49. The molecule has 24 heavy (non-hydrogen) atoms. The molecular formula is C19H26N2O3. The number of carbonyl (C=O) groups is 2. The molecule has 5 heteroatoms. The molecule has 0 radical (unpaired) electrons. The number of amides is 2. The molecule has 0 aliphatic carbocycles. The predicted octanol–water partition coefficient (Wildman–Crippen LogP) is 3.86. The summed E-state index contributed by atoms with van der Waals surface area (Å²) in [5, 5.41) is 2.96. The van der Waals surface area contributed by atoms with Crippen LogP contribution < -0.4 is 5.32 Å². The molecule has 0 bridgehead atoms. The van der Waals surface area contributed by atoms with Crippen LogP contribution in [0.5, 0.6) is 0 Å². The van der Waals surface area contributed by atoms with Gasteiger partial charge in [0.25, 0.3) is 0 Å². The largest absolute Gasteiger partial charge is 0.443 e. The summed E-state index contributed by atoms with van der Waals surface area (Å²) in [5.41, 5.74) is 0.679. The zero-order valence-electron chi connectivity index (χ0n) is 15.2. The molecule has 0 fully saturated rings. The van der Waals surface area contributed by atoms with Crippen LogP contribution in [0, 0.1) is 0 Å². The summed E-state index contributed by atoms with van der Waals surface area (Å²) in [6, 6.07) is 6.81. The first-order valence-corrected chi connectivity index (χ1v) is 8.08. The first-order chi connectivity index (χ1) is 11.0. The van der Waals surface area contributed by atoms with Crippen molar-refractivity contribution in [2.45, 2.75) is 58.7 Å². The number of rotatable bonds is 1. The number of nitrogens with zero attached hydrogens (tertiary/aromatic N) is 1. The lowest BCUT2D eigenvalue weighted by molar-refractivity contribution is -0.127. The number of carbonyl (C=O) groups excluding carboxylic acids is 2. The first kappa shape index (κ1) is 18.0. The minimum atomic E-state index is -0.750. The third-order valence-electron chi connectivity index (χ3n) is 3.33. The molecule has 1 aliphatic rings. The maximum absolute atomic E-state index is 12.9.